The molecule has 156 valence electrons. The number of methoxy groups -OCH3 is 1. The number of carbonyl (C=O) groups is 1. The first-order valence-corrected chi connectivity index (χ1v) is 10.1. The zero-order chi connectivity index (χ0) is 21.3. The highest BCUT2D eigenvalue weighted by molar-refractivity contribution is 5.90. The Morgan fingerprint density at radius 2 is 2.13 bits per heavy atom. The summed E-state index contributed by atoms with van der Waals surface area (Å²) in [5, 5.41) is 12.8. The molecular formula is C22H24N4O4. The average molecular weight is 408 g/mol. The van der Waals surface area contributed by atoms with Crippen LogP contribution in [-0.2, 0) is 11.2 Å². The number of rotatable bonds is 5. The van der Waals surface area contributed by atoms with E-state index in [4.69, 9.17) is 0 Å². The van der Waals surface area contributed by atoms with E-state index in [1.54, 1.807) is 0 Å². The first-order chi connectivity index (χ1) is 14.5. The number of nitro groups is 1. The lowest BCUT2D eigenvalue weighted by Gasteiger charge is -2.32. The monoisotopic (exact) mass is 408 g/mol. The summed E-state index contributed by atoms with van der Waals surface area (Å²) in [6.07, 6.45) is 6.18. The lowest BCUT2D eigenvalue weighted by Crippen LogP contribution is -2.34. The molecule has 0 bridgehead atoms. The van der Waals surface area contributed by atoms with Crippen molar-refractivity contribution in [1.82, 2.24) is 9.97 Å². The van der Waals surface area contributed by atoms with E-state index in [-0.39, 0.29) is 11.3 Å². The molecule has 4 rings (SSSR count). The van der Waals surface area contributed by atoms with Gasteiger partial charge in [-0.15, -0.1) is 0 Å². The Morgan fingerprint density at radius 3 is 2.80 bits per heavy atom. The van der Waals surface area contributed by atoms with Crippen molar-refractivity contribution in [2.24, 2.45) is 0 Å². The Bertz CT molecular complexity index is 1100. The van der Waals surface area contributed by atoms with Crippen LogP contribution in [0.1, 0.15) is 47.2 Å². The second-order valence-corrected chi connectivity index (χ2v) is 7.51. The summed E-state index contributed by atoms with van der Waals surface area (Å²) in [6.45, 7) is 3.48. The Hall–Kier alpha value is -3.42. The first kappa shape index (κ1) is 19.9. The molecule has 1 fully saturated rings. The van der Waals surface area contributed by atoms with E-state index in [0.29, 0.717) is 24.8 Å². The number of nitrogens with one attached hydrogen (secondary N) is 1. The highest BCUT2D eigenvalue weighted by Crippen LogP contribution is 2.37. The van der Waals surface area contributed by atoms with Gasteiger partial charge in [0.25, 0.3) is 0 Å². The van der Waals surface area contributed by atoms with Gasteiger partial charge in [0.15, 0.2) is 0 Å². The molecule has 3 heterocycles. The van der Waals surface area contributed by atoms with E-state index in [9.17, 15) is 14.9 Å². The molecule has 8 heteroatoms. The molecular weight excluding hydrogens is 384 g/mol. The molecule has 1 aliphatic rings. The van der Waals surface area contributed by atoms with Crippen LogP contribution in [0.5, 0.6) is 0 Å². The molecule has 3 aromatic rings. The van der Waals surface area contributed by atoms with Crippen LogP contribution < -0.4 is 4.90 Å². The van der Waals surface area contributed by atoms with Crippen molar-refractivity contribution in [3.63, 3.8) is 0 Å². The Labute approximate surface area is 174 Å². The molecule has 0 radical (unpaired) electrons. The number of H-pyrrole nitrogens is 1. The van der Waals surface area contributed by atoms with Crippen molar-refractivity contribution in [3.05, 3.63) is 63.5 Å². The number of benzene rings is 1. The van der Waals surface area contributed by atoms with Gasteiger partial charge in [-0.1, -0.05) is 25.1 Å². The van der Waals surface area contributed by atoms with Gasteiger partial charge in [0.1, 0.15) is 0 Å². The predicted octanol–water partition coefficient (Wildman–Crippen LogP) is 4.20. The molecule has 1 N–H and O–H groups in total. The lowest BCUT2D eigenvalue weighted by atomic mass is 9.88. The summed E-state index contributed by atoms with van der Waals surface area (Å²) in [5.74, 6) is 0.0513. The number of aromatic nitrogens is 2. The van der Waals surface area contributed by atoms with Crippen LogP contribution in [-0.4, -0.2) is 41.1 Å². The number of para-hydroxylation sites is 1. The van der Waals surface area contributed by atoms with E-state index in [1.165, 1.54) is 41.4 Å². The highest BCUT2D eigenvalue weighted by atomic mass is 16.6. The maximum atomic E-state index is 11.7. The van der Waals surface area contributed by atoms with Crippen molar-refractivity contribution in [1.29, 1.82) is 0 Å². The van der Waals surface area contributed by atoms with Gasteiger partial charge in [0.05, 0.1) is 17.6 Å². The van der Waals surface area contributed by atoms with Crippen LogP contribution >= 0.6 is 0 Å². The fourth-order valence-electron chi connectivity index (χ4n) is 4.33. The van der Waals surface area contributed by atoms with E-state index in [0.717, 1.165) is 19.3 Å². The molecule has 0 aliphatic carbocycles. The van der Waals surface area contributed by atoms with Gasteiger partial charge in [0, 0.05) is 42.5 Å². The van der Waals surface area contributed by atoms with E-state index >= 15 is 0 Å². The molecule has 0 saturated carbocycles. The number of fused-ring (bicyclic) bond motifs is 1. The van der Waals surface area contributed by atoms with Gasteiger partial charge < -0.3 is 14.6 Å². The number of esters is 1. The van der Waals surface area contributed by atoms with Crippen LogP contribution in [0, 0.1) is 10.1 Å². The number of anilines is 1. The quantitative estimate of drug-likeness (QED) is 0.386. The van der Waals surface area contributed by atoms with Crippen LogP contribution in [0.4, 0.5) is 11.5 Å². The van der Waals surface area contributed by atoms with Gasteiger partial charge in [-0.05, 0) is 36.3 Å². The zero-order valence-electron chi connectivity index (χ0n) is 17.1. The normalized spacial score (nSPS) is 14.8. The standard InChI is InChI=1S/C22H24N4O4/c1-3-14-5-4-6-17-18(13-23-20(14)17)15-7-9-25(10-8-15)21-19(26(28)29)11-16(12-24-21)22(27)30-2/h4-6,11-13,15,23H,3,7-10H2,1-2H3. The lowest BCUT2D eigenvalue weighted by molar-refractivity contribution is -0.384. The number of carbonyl (C=O) groups excluding carboxylic acids is 1. The molecule has 2 aromatic heterocycles. The molecule has 1 aromatic carbocycles. The van der Waals surface area contributed by atoms with Gasteiger partial charge >= 0.3 is 11.7 Å². The Morgan fingerprint density at radius 1 is 1.37 bits per heavy atom. The van der Waals surface area contributed by atoms with Gasteiger partial charge in [0.2, 0.25) is 5.82 Å². The number of piperidine rings is 1. The molecule has 0 atom stereocenters. The Balaban J connectivity index is 1.55. The van der Waals surface area contributed by atoms with Gasteiger partial charge in [-0.3, -0.25) is 10.1 Å². The number of aryl methyl sites for hydroxylation is 1. The molecule has 0 amide bonds. The highest BCUT2D eigenvalue weighted by Gasteiger charge is 2.29. The number of aromatic amines is 1. The second kappa shape index (κ2) is 8.14. The number of nitrogens with zero attached hydrogens (tertiary/aromatic N) is 3. The number of hydrogen-bond acceptors (Lipinski definition) is 6. The van der Waals surface area contributed by atoms with Gasteiger partial charge in [-0.2, -0.15) is 0 Å². The van der Waals surface area contributed by atoms with E-state index in [1.807, 2.05) is 4.90 Å². The van der Waals surface area contributed by atoms with Crippen LogP contribution in [0.15, 0.2) is 36.7 Å². The fourth-order valence-corrected chi connectivity index (χ4v) is 4.33. The minimum Gasteiger partial charge on any atom is -0.465 e. The van der Waals surface area contributed by atoms with Crippen molar-refractivity contribution < 1.29 is 14.5 Å². The SMILES string of the molecule is CCc1cccc2c(C3CCN(c4ncc(C(=O)OC)cc4[N+](=O)[O-])CC3)c[nH]c12. The smallest absolute Gasteiger partial charge is 0.339 e. The van der Waals surface area contributed by atoms with Crippen molar-refractivity contribution in [3.8, 4) is 0 Å². The number of pyridine rings is 1. The van der Waals surface area contributed by atoms with Crippen LogP contribution in [0.3, 0.4) is 0 Å². The van der Waals surface area contributed by atoms with Gasteiger partial charge in [-0.25, -0.2) is 9.78 Å². The minimum absolute atomic E-state index is 0.0772. The molecule has 8 nitrogen and oxygen atoms in total. The third-order valence-electron chi connectivity index (χ3n) is 5.91. The van der Waals surface area contributed by atoms with Crippen LogP contribution in [0.2, 0.25) is 0 Å². The summed E-state index contributed by atoms with van der Waals surface area (Å²) in [5.41, 5.74) is 3.72. The maximum absolute atomic E-state index is 11.7. The molecule has 1 aliphatic heterocycles. The fraction of sp³-hybridized carbons (Fsp3) is 0.364. The van der Waals surface area contributed by atoms with E-state index in [2.05, 4.69) is 46.0 Å². The topological polar surface area (TPSA) is 101 Å². The molecule has 0 unspecified atom stereocenters. The molecule has 0 spiro atoms. The third-order valence-corrected chi connectivity index (χ3v) is 5.91. The summed E-state index contributed by atoms with van der Waals surface area (Å²) in [6, 6.07) is 7.65. The van der Waals surface area contributed by atoms with Crippen molar-refractivity contribution >= 4 is 28.4 Å². The minimum atomic E-state index is -0.637. The number of hydrogen-bond donors (Lipinski definition) is 1. The largest absolute Gasteiger partial charge is 0.465 e. The predicted molar refractivity (Wildman–Crippen MR) is 114 cm³/mol. The number of ether oxygens (including phenoxy) is 1. The first-order valence-electron chi connectivity index (χ1n) is 10.1. The maximum Gasteiger partial charge on any atom is 0.339 e. The average Bonchev–Trinajstić information content (AvgIpc) is 3.22. The zero-order valence-corrected chi connectivity index (χ0v) is 17.1. The second-order valence-electron chi connectivity index (χ2n) is 7.51. The van der Waals surface area contributed by atoms with E-state index < -0.39 is 10.9 Å². The van der Waals surface area contributed by atoms with Crippen LogP contribution in [0.25, 0.3) is 10.9 Å². The summed E-state index contributed by atoms with van der Waals surface area (Å²) in [7, 11) is 1.24. The Kier molecular flexibility index (Phi) is 5.39. The molecule has 30 heavy (non-hydrogen) atoms. The molecule has 1 saturated heterocycles. The van der Waals surface area contributed by atoms with Crippen molar-refractivity contribution in [2.45, 2.75) is 32.1 Å². The van der Waals surface area contributed by atoms with Crippen molar-refractivity contribution in [2.75, 3.05) is 25.1 Å². The third kappa shape index (κ3) is 3.49. The summed E-state index contributed by atoms with van der Waals surface area (Å²) >= 11 is 0. The summed E-state index contributed by atoms with van der Waals surface area (Å²) in [4.78, 5) is 32.4. The summed E-state index contributed by atoms with van der Waals surface area (Å²) < 4.78 is 4.65.